The lowest BCUT2D eigenvalue weighted by molar-refractivity contribution is -0.159. The Morgan fingerprint density at radius 3 is 2.13 bits per heavy atom. The van der Waals surface area contributed by atoms with Crippen LogP contribution in [0.1, 0.15) is 78.1 Å². The van der Waals surface area contributed by atoms with Gasteiger partial charge in [-0.2, -0.15) is 0 Å². The highest BCUT2D eigenvalue weighted by Gasteiger charge is 2.49. The summed E-state index contributed by atoms with van der Waals surface area (Å²) in [5.74, 6) is 1.46. The molecule has 0 N–H and O–H groups in total. The van der Waals surface area contributed by atoms with E-state index in [1.807, 2.05) is 4.90 Å². The number of hydrogen-bond acceptors (Lipinski definition) is 4. The normalized spacial score (nSPS) is 38.0. The first-order chi connectivity index (χ1) is 14.2. The highest BCUT2D eigenvalue weighted by molar-refractivity contribution is 7.91. The van der Waals surface area contributed by atoms with Gasteiger partial charge in [-0.25, -0.2) is 8.42 Å². The molecule has 170 valence electrons. The van der Waals surface area contributed by atoms with Crippen LogP contribution in [-0.4, -0.2) is 66.2 Å². The van der Waals surface area contributed by atoms with Gasteiger partial charge in [0.1, 0.15) is 9.84 Å². The smallest absolute Gasteiger partial charge is 0.226 e. The Labute approximate surface area is 181 Å². The van der Waals surface area contributed by atoms with E-state index < -0.39 is 9.84 Å². The summed E-state index contributed by atoms with van der Waals surface area (Å²) >= 11 is 0. The molecule has 4 aliphatic rings. The van der Waals surface area contributed by atoms with E-state index in [2.05, 4.69) is 11.8 Å². The molecule has 0 aromatic rings. The Morgan fingerprint density at radius 1 is 0.867 bits per heavy atom. The Kier molecular flexibility index (Phi) is 6.21. The van der Waals surface area contributed by atoms with Crippen molar-refractivity contribution < 1.29 is 18.0 Å². The van der Waals surface area contributed by atoms with Crippen LogP contribution in [0, 0.1) is 17.8 Å². The van der Waals surface area contributed by atoms with E-state index in [1.54, 1.807) is 6.92 Å². The van der Waals surface area contributed by atoms with E-state index in [1.165, 1.54) is 6.26 Å². The molecular formula is C23H38N2O4S. The van der Waals surface area contributed by atoms with Crippen molar-refractivity contribution in [2.45, 2.75) is 101 Å². The first kappa shape index (κ1) is 22.1. The molecule has 3 saturated carbocycles. The van der Waals surface area contributed by atoms with Crippen molar-refractivity contribution in [3.05, 3.63) is 0 Å². The second-order valence-corrected chi connectivity index (χ2v) is 12.8. The van der Waals surface area contributed by atoms with Gasteiger partial charge in [0.15, 0.2) is 0 Å². The molecule has 3 aliphatic carbocycles. The lowest BCUT2D eigenvalue weighted by Gasteiger charge is -2.55. The van der Waals surface area contributed by atoms with Gasteiger partial charge in [-0.15, -0.1) is 0 Å². The second-order valence-electron chi connectivity index (χ2n) is 10.5. The van der Waals surface area contributed by atoms with Crippen LogP contribution in [0.2, 0.25) is 0 Å². The summed E-state index contributed by atoms with van der Waals surface area (Å²) in [5.41, 5.74) is 0. The number of sulfone groups is 1. The summed E-state index contributed by atoms with van der Waals surface area (Å²) in [6, 6.07) is 0.269. The number of fused-ring (bicyclic) bond motifs is 1. The largest absolute Gasteiger partial charge is 0.335 e. The van der Waals surface area contributed by atoms with Gasteiger partial charge in [-0.1, -0.05) is 19.3 Å². The third-order valence-electron chi connectivity index (χ3n) is 8.55. The zero-order valence-corrected chi connectivity index (χ0v) is 19.6. The first-order valence-electron chi connectivity index (χ1n) is 11.9. The molecule has 4 fully saturated rings. The summed E-state index contributed by atoms with van der Waals surface area (Å²) in [6.45, 7) is 4.36. The van der Waals surface area contributed by atoms with E-state index in [-0.39, 0.29) is 35.2 Å². The van der Waals surface area contributed by atoms with Crippen molar-refractivity contribution in [3.8, 4) is 0 Å². The van der Waals surface area contributed by atoms with E-state index >= 15 is 0 Å². The first-order valence-corrected chi connectivity index (χ1v) is 13.9. The minimum absolute atomic E-state index is 0.0635. The monoisotopic (exact) mass is 438 g/mol. The third-order valence-corrected chi connectivity index (χ3v) is 10.2. The number of carbonyl (C=O) groups is 2. The molecule has 6 nitrogen and oxygen atoms in total. The zero-order chi connectivity index (χ0) is 21.6. The van der Waals surface area contributed by atoms with Gasteiger partial charge in [0, 0.05) is 31.7 Å². The summed E-state index contributed by atoms with van der Waals surface area (Å²) in [6.07, 6.45) is 11.0. The highest BCUT2D eigenvalue weighted by Crippen LogP contribution is 2.44. The van der Waals surface area contributed by atoms with E-state index in [9.17, 15) is 18.0 Å². The van der Waals surface area contributed by atoms with Crippen LogP contribution < -0.4 is 0 Å². The lowest BCUT2D eigenvalue weighted by Crippen LogP contribution is -2.68. The minimum Gasteiger partial charge on any atom is -0.335 e. The molecule has 1 heterocycles. The van der Waals surface area contributed by atoms with Crippen LogP contribution >= 0.6 is 0 Å². The van der Waals surface area contributed by atoms with Crippen LogP contribution in [0.4, 0.5) is 0 Å². The van der Waals surface area contributed by atoms with Crippen LogP contribution in [0.5, 0.6) is 0 Å². The molecule has 0 radical (unpaired) electrons. The fourth-order valence-electron chi connectivity index (χ4n) is 6.77. The second kappa shape index (κ2) is 8.44. The molecular weight excluding hydrogens is 400 g/mol. The van der Waals surface area contributed by atoms with Crippen molar-refractivity contribution >= 4 is 21.7 Å². The quantitative estimate of drug-likeness (QED) is 0.679. The van der Waals surface area contributed by atoms with Crippen LogP contribution in [0.15, 0.2) is 0 Å². The standard InChI is InChI=1S/C23H38N2O4S/c1-15-14-24(23(27)17-6-4-7-17)22-13-19(10-11-21(22)25(15)16(2)26)18-8-5-9-20(12-18)30(3,28)29/h15,17-22H,4-14H2,1-3H3/t15-,18?,19?,20?,21?,22?/m0/s1. The molecule has 0 spiro atoms. The van der Waals surface area contributed by atoms with Gasteiger partial charge >= 0.3 is 0 Å². The highest BCUT2D eigenvalue weighted by atomic mass is 32.2. The lowest BCUT2D eigenvalue weighted by atomic mass is 9.69. The number of amides is 2. The van der Waals surface area contributed by atoms with E-state index in [0.29, 0.717) is 24.3 Å². The Hall–Kier alpha value is -1.11. The predicted molar refractivity (Wildman–Crippen MR) is 117 cm³/mol. The molecule has 30 heavy (non-hydrogen) atoms. The number of nitrogens with zero attached hydrogens (tertiary/aromatic N) is 2. The molecule has 4 rings (SSSR count). The molecule has 5 unspecified atom stereocenters. The number of hydrogen-bond donors (Lipinski definition) is 0. The van der Waals surface area contributed by atoms with Gasteiger partial charge in [-0.05, 0) is 63.7 Å². The van der Waals surface area contributed by atoms with Crippen molar-refractivity contribution in [1.29, 1.82) is 0 Å². The SMILES string of the molecule is CC(=O)N1C2CCC(C3CCCC(S(C)(=O)=O)C3)CC2N(C(=O)C2CCC2)C[C@@H]1C. The van der Waals surface area contributed by atoms with E-state index in [4.69, 9.17) is 0 Å². The van der Waals surface area contributed by atoms with Crippen LogP contribution in [0.25, 0.3) is 0 Å². The van der Waals surface area contributed by atoms with Crippen LogP contribution in [0.3, 0.4) is 0 Å². The number of rotatable bonds is 3. The average Bonchev–Trinajstić information content (AvgIpc) is 2.64. The molecule has 0 bridgehead atoms. The van der Waals surface area contributed by atoms with Gasteiger partial charge in [-0.3, -0.25) is 9.59 Å². The molecule has 0 aromatic heterocycles. The molecule has 2 amide bonds. The average molecular weight is 439 g/mol. The molecule has 7 heteroatoms. The fraction of sp³-hybridized carbons (Fsp3) is 0.913. The third kappa shape index (κ3) is 4.15. The minimum atomic E-state index is -3.00. The van der Waals surface area contributed by atoms with Crippen molar-refractivity contribution in [2.75, 3.05) is 12.8 Å². The summed E-state index contributed by atoms with van der Waals surface area (Å²) in [7, 11) is -3.00. The Bertz CT molecular complexity index is 778. The number of carbonyl (C=O) groups excluding carboxylic acids is 2. The molecule has 1 aliphatic heterocycles. The van der Waals surface area contributed by atoms with Crippen molar-refractivity contribution in [3.63, 3.8) is 0 Å². The summed E-state index contributed by atoms with van der Waals surface area (Å²) in [5, 5.41) is -0.207. The van der Waals surface area contributed by atoms with Gasteiger partial charge in [0.05, 0.1) is 17.3 Å². The van der Waals surface area contributed by atoms with Gasteiger partial charge in [0.25, 0.3) is 0 Å². The van der Waals surface area contributed by atoms with Crippen molar-refractivity contribution in [2.24, 2.45) is 17.8 Å². The Balaban J connectivity index is 1.54. The fourth-order valence-corrected chi connectivity index (χ4v) is 7.96. The Morgan fingerprint density at radius 2 is 1.53 bits per heavy atom. The zero-order valence-electron chi connectivity index (χ0n) is 18.8. The van der Waals surface area contributed by atoms with Crippen molar-refractivity contribution in [1.82, 2.24) is 9.80 Å². The number of piperazine rings is 1. The van der Waals surface area contributed by atoms with Crippen LogP contribution in [-0.2, 0) is 19.4 Å². The van der Waals surface area contributed by atoms with E-state index in [0.717, 1.165) is 64.2 Å². The van der Waals surface area contributed by atoms with Gasteiger partial charge < -0.3 is 9.80 Å². The molecule has 1 saturated heterocycles. The molecule has 0 aromatic carbocycles. The molecule has 6 atom stereocenters. The summed E-state index contributed by atoms with van der Waals surface area (Å²) < 4.78 is 24.3. The summed E-state index contributed by atoms with van der Waals surface area (Å²) in [4.78, 5) is 29.9. The maximum Gasteiger partial charge on any atom is 0.226 e. The maximum absolute atomic E-state index is 13.3. The predicted octanol–water partition coefficient (Wildman–Crippen LogP) is 3.01. The van der Waals surface area contributed by atoms with Gasteiger partial charge in [0.2, 0.25) is 11.8 Å². The topological polar surface area (TPSA) is 74.8 Å². The maximum atomic E-state index is 13.3.